The summed E-state index contributed by atoms with van der Waals surface area (Å²) in [4.78, 5) is 25.9. The van der Waals surface area contributed by atoms with Gasteiger partial charge >= 0.3 is 0 Å². The molecule has 1 atom stereocenters. The number of hydrogen-bond donors (Lipinski definition) is 0. The Balaban J connectivity index is 2.23. The molecular weight excluding hydrogens is 226 g/mol. The highest BCUT2D eigenvalue weighted by Gasteiger charge is 2.33. The lowest BCUT2D eigenvalue weighted by Gasteiger charge is -2.31. The number of amides is 1. The molecule has 1 saturated heterocycles. The lowest BCUT2D eigenvalue weighted by molar-refractivity contribution is -0.133. The minimum absolute atomic E-state index is 0.0290. The Morgan fingerprint density at radius 1 is 1.44 bits per heavy atom. The average molecular weight is 245 g/mol. The van der Waals surface area contributed by atoms with Gasteiger partial charge in [0.05, 0.1) is 5.92 Å². The van der Waals surface area contributed by atoms with E-state index in [-0.39, 0.29) is 11.7 Å². The number of anilines is 1. The van der Waals surface area contributed by atoms with E-state index in [1.807, 2.05) is 38.1 Å². The summed E-state index contributed by atoms with van der Waals surface area (Å²) in [6.45, 7) is 4.55. The van der Waals surface area contributed by atoms with E-state index in [4.69, 9.17) is 0 Å². The minimum atomic E-state index is -0.427. The third-order valence-electron chi connectivity index (χ3n) is 3.49. The Morgan fingerprint density at radius 2 is 2.22 bits per heavy atom. The van der Waals surface area contributed by atoms with Crippen molar-refractivity contribution in [3.05, 3.63) is 29.8 Å². The van der Waals surface area contributed by atoms with Crippen LogP contribution in [0.3, 0.4) is 0 Å². The number of carbonyl (C=O) groups excluding carboxylic acids is 2. The molecule has 0 saturated carbocycles. The first-order valence-electron chi connectivity index (χ1n) is 6.54. The molecule has 1 aromatic rings. The monoisotopic (exact) mass is 245 g/mol. The first-order valence-corrected chi connectivity index (χ1v) is 6.54. The van der Waals surface area contributed by atoms with Crippen molar-refractivity contribution in [2.45, 2.75) is 33.1 Å². The third kappa shape index (κ3) is 2.45. The van der Waals surface area contributed by atoms with Gasteiger partial charge in [0.2, 0.25) is 5.91 Å². The summed E-state index contributed by atoms with van der Waals surface area (Å²) in [5, 5.41) is 0. The first kappa shape index (κ1) is 12.8. The molecule has 0 aliphatic carbocycles. The summed E-state index contributed by atoms with van der Waals surface area (Å²) < 4.78 is 0. The molecular formula is C15H19NO2. The number of rotatable bonds is 3. The zero-order valence-electron chi connectivity index (χ0n) is 11.0. The highest BCUT2D eigenvalue weighted by atomic mass is 16.2. The van der Waals surface area contributed by atoms with E-state index in [0.717, 1.165) is 24.2 Å². The van der Waals surface area contributed by atoms with Crippen LogP contribution >= 0.6 is 0 Å². The molecule has 1 fully saturated rings. The smallest absolute Gasteiger partial charge is 0.237 e. The summed E-state index contributed by atoms with van der Waals surface area (Å²) in [5.41, 5.74) is 2.04. The van der Waals surface area contributed by atoms with Crippen LogP contribution in [0.5, 0.6) is 0 Å². The molecule has 2 rings (SSSR count). The highest BCUT2D eigenvalue weighted by Crippen LogP contribution is 2.26. The molecule has 1 aliphatic heterocycles. The van der Waals surface area contributed by atoms with E-state index in [0.29, 0.717) is 12.8 Å². The summed E-state index contributed by atoms with van der Waals surface area (Å²) in [5.74, 6) is -0.389. The quantitative estimate of drug-likeness (QED) is 0.768. The van der Waals surface area contributed by atoms with Crippen LogP contribution in [0.2, 0.25) is 0 Å². The molecule has 0 N–H and O–H groups in total. The molecule has 0 unspecified atom stereocenters. The molecule has 3 heteroatoms. The van der Waals surface area contributed by atoms with Crippen molar-refractivity contribution in [3.8, 4) is 0 Å². The van der Waals surface area contributed by atoms with Crippen LogP contribution in [0.1, 0.15) is 31.7 Å². The Labute approximate surface area is 108 Å². The first-order chi connectivity index (χ1) is 8.63. The average Bonchev–Trinajstić information content (AvgIpc) is 2.38. The van der Waals surface area contributed by atoms with E-state index in [2.05, 4.69) is 0 Å². The number of hydrogen-bond acceptors (Lipinski definition) is 2. The number of Topliss-reactive ketones (excluding diaryl/α,β-unsaturated/α-hetero) is 1. The summed E-state index contributed by atoms with van der Waals surface area (Å²) in [6.07, 6.45) is 2.04. The standard InChI is InChI=1S/C15H19NO2/c1-3-14(17)13-8-5-9-16(15(13)18)12-7-4-6-11(2)10-12/h4,6-7,10,13H,3,5,8-9H2,1-2H3/t13-/m0/s1. The van der Waals surface area contributed by atoms with Crippen LogP contribution in [0.4, 0.5) is 5.69 Å². The largest absolute Gasteiger partial charge is 0.312 e. The topological polar surface area (TPSA) is 37.4 Å². The molecule has 96 valence electrons. The summed E-state index contributed by atoms with van der Waals surface area (Å²) >= 11 is 0. The zero-order chi connectivity index (χ0) is 13.1. The fraction of sp³-hybridized carbons (Fsp3) is 0.467. The zero-order valence-corrected chi connectivity index (χ0v) is 11.0. The van der Waals surface area contributed by atoms with Crippen LogP contribution in [0.15, 0.2) is 24.3 Å². The second-order valence-corrected chi connectivity index (χ2v) is 4.84. The van der Waals surface area contributed by atoms with E-state index in [1.54, 1.807) is 4.90 Å². The third-order valence-corrected chi connectivity index (χ3v) is 3.49. The van der Waals surface area contributed by atoms with Gasteiger partial charge in [-0.05, 0) is 37.5 Å². The van der Waals surface area contributed by atoms with Crippen molar-refractivity contribution < 1.29 is 9.59 Å². The van der Waals surface area contributed by atoms with E-state index in [9.17, 15) is 9.59 Å². The molecule has 0 bridgehead atoms. The lowest BCUT2D eigenvalue weighted by Crippen LogP contribution is -2.44. The number of piperidine rings is 1. The molecule has 1 aliphatic rings. The Hall–Kier alpha value is -1.64. The van der Waals surface area contributed by atoms with Gasteiger partial charge < -0.3 is 4.90 Å². The Morgan fingerprint density at radius 3 is 2.89 bits per heavy atom. The van der Waals surface area contributed by atoms with Crippen molar-refractivity contribution in [3.63, 3.8) is 0 Å². The summed E-state index contributed by atoms with van der Waals surface area (Å²) in [7, 11) is 0. The molecule has 18 heavy (non-hydrogen) atoms. The fourth-order valence-corrected chi connectivity index (χ4v) is 2.47. The predicted octanol–water partition coefficient (Wildman–Crippen LogP) is 2.72. The second-order valence-electron chi connectivity index (χ2n) is 4.84. The van der Waals surface area contributed by atoms with E-state index < -0.39 is 5.92 Å². The van der Waals surface area contributed by atoms with Gasteiger partial charge in [-0.25, -0.2) is 0 Å². The molecule has 3 nitrogen and oxygen atoms in total. The molecule has 0 spiro atoms. The Kier molecular flexibility index (Phi) is 3.80. The maximum Gasteiger partial charge on any atom is 0.237 e. The van der Waals surface area contributed by atoms with Crippen molar-refractivity contribution in [1.29, 1.82) is 0 Å². The molecule has 0 radical (unpaired) electrons. The number of aryl methyl sites for hydroxylation is 1. The van der Waals surface area contributed by atoms with Gasteiger partial charge in [-0.3, -0.25) is 9.59 Å². The van der Waals surface area contributed by atoms with Gasteiger partial charge in [0.25, 0.3) is 0 Å². The molecule has 1 heterocycles. The van der Waals surface area contributed by atoms with Crippen LogP contribution < -0.4 is 4.90 Å². The molecule has 1 aromatic carbocycles. The van der Waals surface area contributed by atoms with Crippen LogP contribution in [0, 0.1) is 12.8 Å². The minimum Gasteiger partial charge on any atom is -0.312 e. The van der Waals surface area contributed by atoms with Gasteiger partial charge in [0.1, 0.15) is 5.78 Å². The van der Waals surface area contributed by atoms with Gasteiger partial charge in [0.15, 0.2) is 0 Å². The van der Waals surface area contributed by atoms with Gasteiger partial charge in [-0.2, -0.15) is 0 Å². The molecule has 0 aromatic heterocycles. The van der Waals surface area contributed by atoms with E-state index in [1.165, 1.54) is 0 Å². The van der Waals surface area contributed by atoms with Gasteiger partial charge in [-0.15, -0.1) is 0 Å². The van der Waals surface area contributed by atoms with Crippen molar-refractivity contribution >= 4 is 17.4 Å². The fourth-order valence-electron chi connectivity index (χ4n) is 2.47. The number of nitrogens with zero attached hydrogens (tertiary/aromatic N) is 1. The predicted molar refractivity (Wildman–Crippen MR) is 71.6 cm³/mol. The van der Waals surface area contributed by atoms with Crippen molar-refractivity contribution in [1.82, 2.24) is 0 Å². The number of carbonyl (C=O) groups is 2. The van der Waals surface area contributed by atoms with Crippen LogP contribution in [-0.2, 0) is 9.59 Å². The van der Waals surface area contributed by atoms with Crippen molar-refractivity contribution in [2.75, 3.05) is 11.4 Å². The van der Waals surface area contributed by atoms with Gasteiger partial charge in [-0.1, -0.05) is 19.1 Å². The van der Waals surface area contributed by atoms with E-state index >= 15 is 0 Å². The van der Waals surface area contributed by atoms with Crippen LogP contribution in [-0.4, -0.2) is 18.2 Å². The van der Waals surface area contributed by atoms with Crippen molar-refractivity contribution in [2.24, 2.45) is 5.92 Å². The normalized spacial score (nSPS) is 20.0. The maximum atomic E-state index is 12.3. The highest BCUT2D eigenvalue weighted by molar-refractivity contribution is 6.08. The SMILES string of the molecule is CCC(=O)[C@@H]1CCCN(c2cccc(C)c2)C1=O. The second kappa shape index (κ2) is 5.34. The van der Waals surface area contributed by atoms with Gasteiger partial charge in [0, 0.05) is 18.7 Å². The summed E-state index contributed by atoms with van der Waals surface area (Å²) in [6, 6.07) is 7.89. The lowest BCUT2D eigenvalue weighted by atomic mass is 9.91. The molecule has 1 amide bonds. The number of benzene rings is 1. The number of ketones is 1. The maximum absolute atomic E-state index is 12.3. The van der Waals surface area contributed by atoms with Crippen LogP contribution in [0.25, 0.3) is 0 Å². The Bertz CT molecular complexity index is 467.